The lowest BCUT2D eigenvalue weighted by Gasteiger charge is -2.48. The summed E-state index contributed by atoms with van der Waals surface area (Å²) >= 11 is 0. The normalized spacial score (nSPS) is 34.0. The molecule has 0 radical (unpaired) electrons. The molecule has 0 bridgehead atoms. The van der Waals surface area contributed by atoms with E-state index in [4.69, 9.17) is 18.9 Å². The molecule has 1 aromatic carbocycles. The molecule has 25 heavy (non-hydrogen) atoms. The first-order chi connectivity index (χ1) is 11.9. The van der Waals surface area contributed by atoms with Gasteiger partial charge in [0, 0.05) is 0 Å². The molecule has 0 unspecified atom stereocenters. The average molecular weight is 353 g/mol. The molecule has 5 atom stereocenters. The van der Waals surface area contributed by atoms with Crippen molar-refractivity contribution in [3.8, 4) is 0 Å². The van der Waals surface area contributed by atoms with Crippen LogP contribution in [0.2, 0.25) is 0 Å². The summed E-state index contributed by atoms with van der Waals surface area (Å²) in [7, 11) is 0. The van der Waals surface area contributed by atoms with Crippen molar-refractivity contribution >= 4 is 6.09 Å². The van der Waals surface area contributed by atoms with E-state index in [1.54, 1.807) is 13.8 Å². The van der Waals surface area contributed by atoms with E-state index in [9.17, 15) is 15.0 Å². The molecule has 3 rings (SSSR count). The quantitative estimate of drug-likeness (QED) is 0.727. The fraction of sp³-hybridized carbons (Fsp3) is 0.588. The second kappa shape index (κ2) is 7.27. The third kappa shape index (κ3) is 4.28. The Morgan fingerprint density at radius 2 is 2.04 bits per heavy atom. The Hall–Kier alpha value is -1.71. The lowest BCUT2D eigenvalue weighted by atomic mass is 9.95. The fourth-order valence-corrected chi connectivity index (χ4v) is 2.92. The van der Waals surface area contributed by atoms with Gasteiger partial charge >= 0.3 is 6.09 Å². The number of amides is 1. The third-order valence-corrected chi connectivity index (χ3v) is 4.20. The standard InChI is InChI=1S/C17H23NO7/c1-17(2)23-9-11-14(25-17)13(19)12(15(20)24-11)18-16(21)22-8-10-6-4-3-5-7-10/h3-7,11-15,19-20H,8-9H2,1-2H3,(H,18,21)/t11-,12-,13-,14-,15+/m1/s1. The fourth-order valence-electron chi connectivity index (χ4n) is 2.92. The summed E-state index contributed by atoms with van der Waals surface area (Å²) in [4.78, 5) is 12.0. The van der Waals surface area contributed by atoms with Crippen molar-refractivity contribution in [3.05, 3.63) is 35.9 Å². The second-order valence-electron chi connectivity index (χ2n) is 6.58. The number of alkyl carbamates (subject to hydrolysis) is 1. The summed E-state index contributed by atoms with van der Waals surface area (Å²) in [6, 6.07) is 8.11. The van der Waals surface area contributed by atoms with E-state index in [0.717, 1.165) is 5.56 Å². The minimum absolute atomic E-state index is 0.0792. The molecule has 1 amide bonds. The van der Waals surface area contributed by atoms with Gasteiger partial charge in [-0.3, -0.25) is 0 Å². The van der Waals surface area contributed by atoms with Gasteiger partial charge in [-0.15, -0.1) is 0 Å². The zero-order valence-corrected chi connectivity index (χ0v) is 14.1. The lowest BCUT2D eigenvalue weighted by Crippen LogP contribution is -2.68. The predicted molar refractivity (Wildman–Crippen MR) is 85.3 cm³/mol. The highest BCUT2D eigenvalue weighted by Gasteiger charge is 2.50. The van der Waals surface area contributed by atoms with Gasteiger partial charge < -0.3 is 34.5 Å². The zero-order chi connectivity index (χ0) is 18.0. The van der Waals surface area contributed by atoms with E-state index in [2.05, 4.69) is 5.32 Å². The monoisotopic (exact) mass is 353 g/mol. The smallest absolute Gasteiger partial charge is 0.407 e. The molecule has 0 spiro atoms. The van der Waals surface area contributed by atoms with Gasteiger partial charge in [0.25, 0.3) is 0 Å². The van der Waals surface area contributed by atoms with E-state index in [1.807, 2.05) is 30.3 Å². The first-order valence-corrected chi connectivity index (χ1v) is 8.16. The second-order valence-corrected chi connectivity index (χ2v) is 6.58. The minimum atomic E-state index is -1.39. The van der Waals surface area contributed by atoms with Gasteiger partial charge in [-0.2, -0.15) is 0 Å². The van der Waals surface area contributed by atoms with E-state index in [1.165, 1.54) is 0 Å². The molecule has 2 saturated heterocycles. The molecule has 138 valence electrons. The Morgan fingerprint density at radius 1 is 1.32 bits per heavy atom. The first-order valence-electron chi connectivity index (χ1n) is 8.16. The molecule has 8 heteroatoms. The number of hydrogen-bond donors (Lipinski definition) is 3. The molecule has 1 aromatic rings. The molecular weight excluding hydrogens is 330 g/mol. The topological polar surface area (TPSA) is 106 Å². The molecular formula is C17H23NO7. The van der Waals surface area contributed by atoms with E-state index in [-0.39, 0.29) is 13.2 Å². The molecule has 2 fully saturated rings. The van der Waals surface area contributed by atoms with Crippen LogP contribution in [0.3, 0.4) is 0 Å². The van der Waals surface area contributed by atoms with Gasteiger partial charge in [0.2, 0.25) is 0 Å². The Balaban J connectivity index is 1.58. The van der Waals surface area contributed by atoms with Crippen LogP contribution in [0.15, 0.2) is 30.3 Å². The summed E-state index contributed by atoms with van der Waals surface area (Å²) in [6.07, 6.45) is -4.67. The highest BCUT2D eigenvalue weighted by Crippen LogP contribution is 2.31. The van der Waals surface area contributed by atoms with Crippen LogP contribution in [0.25, 0.3) is 0 Å². The van der Waals surface area contributed by atoms with Gasteiger partial charge in [-0.1, -0.05) is 30.3 Å². The van der Waals surface area contributed by atoms with E-state index >= 15 is 0 Å². The van der Waals surface area contributed by atoms with Crippen molar-refractivity contribution in [1.29, 1.82) is 0 Å². The molecule has 0 aromatic heterocycles. The number of aliphatic hydroxyl groups is 2. The van der Waals surface area contributed by atoms with Crippen molar-refractivity contribution in [3.63, 3.8) is 0 Å². The summed E-state index contributed by atoms with van der Waals surface area (Å²) in [5.74, 6) is -0.883. The van der Waals surface area contributed by atoms with Crippen molar-refractivity contribution < 1.29 is 34.0 Å². The van der Waals surface area contributed by atoms with Crippen LogP contribution in [0.4, 0.5) is 4.79 Å². The highest BCUT2D eigenvalue weighted by atomic mass is 16.7. The van der Waals surface area contributed by atoms with E-state index in [0.29, 0.717) is 0 Å². The Bertz CT molecular complexity index is 594. The van der Waals surface area contributed by atoms with Crippen LogP contribution < -0.4 is 5.32 Å². The molecule has 2 aliphatic rings. The van der Waals surface area contributed by atoms with Crippen LogP contribution in [0.5, 0.6) is 0 Å². The van der Waals surface area contributed by atoms with Gasteiger partial charge in [-0.25, -0.2) is 4.79 Å². The number of carbonyl (C=O) groups excluding carboxylic acids is 1. The number of nitrogens with one attached hydrogen (secondary N) is 1. The van der Waals surface area contributed by atoms with Crippen LogP contribution in [0.1, 0.15) is 19.4 Å². The molecule has 2 aliphatic heterocycles. The van der Waals surface area contributed by atoms with Crippen LogP contribution >= 0.6 is 0 Å². The van der Waals surface area contributed by atoms with Crippen LogP contribution in [-0.2, 0) is 25.6 Å². The number of fused-ring (bicyclic) bond motifs is 1. The van der Waals surface area contributed by atoms with Crippen LogP contribution in [0, 0.1) is 0 Å². The number of benzene rings is 1. The molecule has 8 nitrogen and oxygen atoms in total. The van der Waals surface area contributed by atoms with Crippen LogP contribution in [-0.4, -0.2) is 59.3 Å². The Morgan fingerprint density at radius 3 is 2.76 bits per heavy atom. The third-order valence-electron chi connectivity index (χ3n) is 4.20. The number of hydrogen-bond acceptors (Lipinski definition) is 7. The minimum Gasteiger partial charge on any atom is -0.445 e. The van der Waals surface area contributed by atoms with Gasteiger partial charge in [-0.05, 0) is 19.4 Å². The molecule has 0 saturated carbocycles. The van der Waals surface area contributed by atoms with Crippen molar-refractivity contribution in [1.82, 2.24) is 5.32 Å². The first kappa shape index (κ1) is 18.1. The largest absolute Gasteiger partial charge is 0.445 e. The number of aliphatic hydroxyl groups excluding tert-OH is 2. The summed E-state index contributed by atoms with van der Waals surface area (Å²) in [6.45, 7) is 3.70. The van der Waals surface area contributed by atoms with Crippen molar-refractivity contribution in [2.24, 2.45) is 0 Å². The maximum absolute atomic E-state index is 12.0. The van der Waals surface area contributed by atoms with Gasteiger partial charge in [0.1, 0.15) is 31.0 Å². The van der Waals surface area contributed by atoms with Gasteiger partial charge in [0.15, 0.2) is 12.1 Å². The van der Waals surface area contributed by atoms with Gasteiger partial charge in [0.05, 0.1) is 6.61 Å². The molecule has 0 aliphatic carbocycles. The number of ether oxygens (including phenoxy) is 4. The van der Waals surface area contributed by atoms with Crippen molar-refractivity contribution in [2.75, 3.05) is 6.61 Å². The Kier molecular flexibility index (Phi) is 5.26. The number of rotatable bonds is 3. The maximum atomic E-state index is 12.0. The summed E-state index contributed by atoms with van der Waals surface area (Å²) in [5.41, 5.74) is 0.827. The van der Waals surface area contributed by atoms with Crippen molar-refractivity contribution in [2.45, 2.75) is 56.9 Å². The summed E-state index contributed by atoms with van der Waals surface area (Å²) in [5, 5.41) is 23.0. The average Bonchev–Trinajstić information content (AvgIpc) is 2.58. The summed E-state index contributed by atoms with van der Waals surface area (Å²) < 4.78 is 21.6. The predicted octanol–water partition coefficient (Wildman–Crippen LogP) is 0.511. The van der Waals surface area contributed by atoms with E-state index < -0.39 is 42.5 Å². The Labute approximate surface area is 145 Å². The molecule has 3 N–H and O–H groups in total. The lowest BCUT2D eigenvalue weighted by molar-refractivity contribution is -0.364. The SMILES string of the molecule is CC1(C)OC[C@H]2O[C@H](O)[C@H](NC(=O)OCc3ccccc3)[C@@H](O)[C@@H]2O1. The number of carbonyl (C=O) groups is 1. The highest BCUT2D eigenvalue weighted by molar-refractivity contribution is 5.67. The maximum Gasteiger partial charge on any atom is 0.407 e. The zero-order valence-electron chi connectivity index (χ0n) is 14.1. The molecule has 2 heterocycles.